The molecule has 0 saturated heterocycles. The van der Waals surface area contributed by atoms with Gasteiger partial charge >= 0.3 is 0 Å². The van der Waals surface area contributed by atoms with Crippen molar-refractivity contribution in [2.45, 2.75) is 90.1 Å². The summed E-state index contributed by atoms with van der Waals surface area (Å²) in [7, 11) is 0. The summed E-state index contributed by atoms with van der Waals surface area (Å²) in [6, 6.07) is 0. The van der Waals surface area contributed by atoms with Gasteiger partial charge in [0.05, 0.1) is 6.10 Å². The number of rotatable bonds is 0. The minimum atomic E-state index is -0.0404. The highest BCUT2D eigenvalue weighted by Gasteiger charge is 2.62. The van der Waals surface area contributed by atoms with E-state index in [4.69, 9.17) is 0 Å². The van der Waals surface area contributed by atoms with Crippen molar-refractivity contribution in [1.29, 1.82) is 0 Å². The second-order valence-corrected chi connectivity index (χ2v) is 10.4. The Bertz CT molecular complexity index is 542. The van der Waals surface area contributed by atoms with Crippen LogP contribution in [0.3, 0.4) is 0 Å². The third kappa shape index (κ3) is 2.01. The number of hydrogen-bond acceptors (Lipinski definition) is 2. The third-order valence-electron chi connectivity index (χ3n) is 9.83. The minimum Gasteiger partial charge on any atom is -0.393 e. The molecule has 2 nitrogen and oxygen atoms in total. The van der Waals surface area contributed by atoms with Gasteiger partial charge in [0, 0.05) is 12.8 Å². The molecule has 0 bridgehead atoms. The summed E-state index contributed by atoms with van der Waals surface area (Å²) in [5.74, 6) is 4.77. The fourth-order valence-electron chi connectivity index (χ4n) is 8.74. The molecule has 134 valence electrons. The van der Waals surface area contributed by atoms with Gasteiger partial charge in [-0.2, -0.15) is 0 Å². The van der Waals surface area contributed by atoms with E-state index in [1.807, 2.05) is 0 Å². The van der Waals surface area contributed by atoms with E-state index in [0.717, 1.165) is 55.3 Å². The summed E-state index contributed by atoms with van der Waals surface area (Å²) >= 11 is 0. The molecule has 0 aliphatic heterocycles. The van der Waals surface area contributed by atoms with Gasteiger partial charge in [0.2, 0.25) is 0 Å². The highest BCUT2D eigenvalue weighted by atomic mass is 16.3. The quantitative estimate of drug-likeness (QED) is 0.696. The van der Waals surface area contributed by atoms with Crippen molar-refractivity contribution in [1.82, 2.24) is 0 Å². The van der Waals surface area contributed by atoms with Gasteiger partial charge in [-0.25, -0.2) is 0 Å². The maximum Gasteiger partial charge on any atom is 0.133 e. The van der Waals surface area contributed by atoms with E-state index in [1.54, 1.807) is 0 Å². The Hall–Kier alpha value is -0.370. The monoisotopic (exact) mass is 330 g/mol. The molecule has 0 heterocycles. The van der Waals surface area contributed by atoms with Crippen LogP contribution in [0.1, 0.15) is 84.0 Å². The molecule has 0 unspecified atom stereocenters. The zero-order chi connectivity index (χ0) is 16.5. The predicted octanol–water partition coefficient (Wildman–Crippen LogP) is 4.74. The topological polar surface area (TPSA) is 37.3 Å². The van der Waals surface area contributed by atoms with Crippen LogP contribution in [0.5, 0.6) is 0 Å². The van der Waals surface area contributed by atoms with Crippen LogP contribution in [0.4, 0.5) is 0 Å². The van der Waals surface area contributed by atoms with Crippen LogP contribution in [0.2, 0.25) is 0 Å². The van der Waals surface area contributed by atoms with Gasteiger partial charge in [0.25, 0.3) is 0 Å². The van der Waals surface area contributed by atoms with Crippen molar-refractivity contribution in [2.24, 2.45) is 40.4 Å². The second-order valence-electron chi connectivity index (χ2n) is 10.4. The molecule has 1 N–H and O–H groups in total. The van der Waals surface area contributed by atoms with Crippen LogP contribution in [0.25, 0.3) is 0 Å². The van der Waals surface area contributed by atoms with Gasteiger partial charge in [-0.3, -0.25) is 4.79 Å². The van der Waals surface area contributed by atoms with Crippen LogP contribution in [0.15, 0.2) is 0 Å². The number of fused-ring (bicyclic) bond motifs is 4. The molecule has 8 atom stereocenters. The third-order valence-corrected chi connectivity index (χ3v) is 9.83. The van der Waals surface area contributed by atoms with E-state index < -0.39 is 0 Å². The number of carbonyl (C=O) groups is 1. The van der Waals surface area contributed by atoms with Gasteiger partial charge in [-0.1, -0.05) is 6.92 Å². The molecule has 0 radical (unpaired) electrons. The van der Waals surface area contributed by atoms with Crippen molar-refractivity contribution >= 4 is 5.78 Å². The fraction of sp³-hybridized carbons (Fsp3) is 0.955. The number of carbonyl (C=O) groups excluding carboxylic acids is 1. The number of aliphatic hydroxyl groups excluding tert-OH is 1. The molecule has 5 aliphatic rings. The second kappa shape index (κ2) is 5.32. The Morgan fingerprint density at radius 2 is 1.75 bits per heavy atom. The Morgan fingerprint density at radius 1 is 0.917 bits per heavy atom. The van der Waals surface area contributed by atoms with Crippen LogP contribution in [-0.4, -0.2) is 17.0 Å². The number of Topliss-reactive ketones (excluding diaryl/α,β-unsaturated/α-hetero) is 1. The molecule has 24 heavy (non-hydrogen) atoms. The fourth-order valence-corrected chi connectivity index (χ4v) is 8.74. The van der Waals surface area contributed by atoms with Gasteiger partial charge in [-0.15, -0.1) is 0 Å². The Morgan fingerprint density at radius 3 is 2.62 bits per heavy atom. The van der Waals surface area contributed by atoms with E-state index in [1.165, 1.54) is 51.4 Å². The van der Waals surface area contributed by atoms with Crippen LogP contribution < -0.4 is 0 Å². The van der Waals surface area contributed by atoms with Crippen LogP contribution in [0, 0.1) is 40.4 Å². The lowest BCUT2D eigenvalue weighted by molar-refractivity contribution is -0.147. The molecule has 2 heteroatoms. The molecular weight excluding hydrogens is 296 g/mol. The lowest BCUT2D eigenvalue weighted by Gasteiger charge is -2.62. The summed E-state index contributed by atoms with van der Waals surface area (Å²) in [6.07, 6.45) is 14.5. The summed E-state index contributed by atoms with van der Waals surface area (Å²) in [6.45, 7) is 2.57. The first-order chi connectivity index (χ1) is 11.5. The van der Waals surface area contributed by atoms with Crippen molar-refractivity contribution in [3.8, 4) is 0 Å². The molecule has 5 fully saturated rings. The van der Waals surface area contributed by atoms with Crippen LogP contribution >= 0.6 is 0 Å². The summed E-state index contributed by atoms with van der Waals surface area (Å²) in [4.78, 5) is 12.3. The standard InChI is InChI=1S/C22H34O2/c1-21-10-8-16(23)12-15(21)3-6-18-19(21)9-11-22-13-17(24)5-2-14(22)4-7-20(18)22/h14-16,18-20,23H,2-13H2,1H3/t14-,15+,16+,18+,19-,20-,21-,22-/m0/s1. The average Bonchev–Trinajstić information content (AvgIpc) is 2.94. The molecule has 1 spiro atoms. The van der Waals surface area contributed by atoms with E-state index in [0.29, 0.717) is 16.6 Å². The molecule has 5 aliphatic carbocycles. The SMILES string of the molecule is C[C@]12CC[C@@H](O)C[C@H]1CC[C@@H]1[C@@H]2CC[C@]23CC(=O)CC[C@H]2CC[C@@H]13. The number of aliphatic hydroxyl groups is 1. The van der Waals surface area contributed by atoms with E-state index >= 15 is 0 Å². The average molecular weight is 331 g/mol. The molecule has 0 aromatic rings. The van der Waals surface area contributed by atoms with Gasteiger partial charge in [0.1, 0.15) is 5.78 Å². The minimum absolute atomic E-state index is 0.0404. The van der Waals surface area contributed by atoms with Crippen molar-refractivity contribution in [3.05, 3.63) is 0 Å². The molecule has 0 aromatic carbocycles. The first kappa shape index (κ1) is 15.9. The summed E-state index contributed by atoms with van der Waals surface area (Å²) < 4.78 is 0. The Labute approximate surface area is 146 Å². The number of hydrogen-bond donors (Lipinski definition) is 1. The summed E-state index contributed by atoms with van der Waals surface area (Å²) in [5.41, 5.74) is 0.883. The first-order valence-corrected chi connectivity index (χ1v) is 10.7. The van der Waals surface area contributed by atoms with Crippen molar-refractivity contribution in [3.63, 3.8) is 0 Å². The maximum atomic E-state index is 12.3. The smallest absolute Gasteiger partial charge is 0.133 e. The predicted molar refractivity (Wildman–Crippen MR) is 94.4 cm³/mol. The Balaban J connectivity index is 1.45. The first-order valence-electron chi connectivity index (χ1n) is 10.7. The van der Waals surface area contributed by atoms with E-state index in [9.17, 15) is 9.90 Å². The zero-order valence-electron chi connectivity index (χ0n) is 15.3. The van der Waals surface area contributed by atoms with Gasteiger partial charge in [-0.05, 0) is 105 Å². The largest absolute Gasteiger partial charge is 0.393 e. The Kier molecular flexibility index (Phi) is 3.51. The van der Waals surface area contributed by atoms with Gasteiger partial charge in [0.15, 0.2) is 0 Å². The van der Waals surface area contributed by atoms with Gasteiger partial charge < -0.3 is 5.11 Å². The van der Waals surface area contributed by atoms with Crippen LogP contribution in [-0.2, 0) is 4.79 Å². The highest BCUT2D eigenvalue weighted by molar-refractivity contribution is 5.80. The molecule has 0 aromatic heterocycles. The molecule has 0 amide bonds. The highest BCUT2D eigenvalue weighted by Crippen LogP contribution is 2.69. The van der Waals surface area contributed by atoms with E-state index in [2.05, 4.69) is 6.92 Å². The van der Waals surface area contributed by atoms with E-state index in [-0.39, 0.29) is 6.10 Å². The summed E-state index contributed by atoms with van der Waals surface area (Å²) in [5, 5.41) is 10.2. The van der Waals surface area contributed by atoms with Crippen molar-refractivity contribution in [2.75, 3.05) is 0 Å². The zero-order valence-corrected chi connectivity index (χ0v) is 15.3. The normalized spacial score (nSPS) is 56.8. The van der Waals surface area contributed by atoms with Crippen molar-refractivity contribution < 1.29 is 9.90 Å². The molecule has 5 saturated carbocycles. The lowest BCUT2D eigenvalue weighted by atomic mass is 9.43. The molecule has 5 rings (SSSR count). The maximum absolute atomic E-state index is 12.3. The molecular formula is C22H34O2. The number of ketones is 1. The lowest BCUT2D eigenvalue weighted by Crippen LogP contribution is -2.55.